The molecule has 5 nitrogen and oxygen atoms in total. The molecule has 2 aliphatic rings. The molecule has 4 N–H and O–H groups in total. The number of aryl methyl sites for hydroxylation is 1. The van der Waals surface area contributed by atoms with Gasteiger partial charge < -0.3 is 21.3 Å². The van der Waals surface area contributed by atoms with Gasteiger partial charge in [-0.15, -0.1) is 0 Å². The average Bonchev–Trinajstić information content (AvgIpc) is 2.52. The molecule has 0 saturated carbocycles. The smallest absolute Gasteiger partial charge is 0.0608 e. The van der Waals surface area contributed by atoms with Gasteiger partial charge in [0.25, 0.3) is 0 Å². The molecular weight excluding hydrogens is 262 g/mol. The van der Waals surface area contributed by atoms with Gasteiger partial charge in [0.2, 0.25) is 0 Å². The van der Waals surface area contributed by atoms with Gasteiger partial charge in [0.1, 0.15) is 0 Å². The maximum atomic E-state index is 4.92. The predicted molar refractivity (Wildman–Crippen MR) is 85.4 cm³/mol. The monoisotopic (exact) mass is 289 g/mol. The molecule has 0 aromatic carbocycles. The summed E-state index contributed by atoms with van der Waals surface area (Å²) in [4.78, 5) is 4.92. The highest BCUT2D eigenvalue weighted by Gasteiger charge is 2.21. The number of hydrogen-bond donors (Lipinski definition) is 4. The molecule has 1 aliphatic heterocycles. The highest BCUT2D eigenvalue weighted by Crippen LogP contribution is 2.28. The van der Waals surface area contributed by atoms with Gasteiger partial charge in [0, 0.05) is 51.9 Å². The number of hydrogen-bond acceptors (Lipinski definition) is 5. The van der Waals surface area contributed by atoms with Gasteiger partial charge in [-0.2, -0.15) is 0 Å². The Morgan fingerprint density at radius 3 is 2.52 bits per heavy atom. The van der Waals surface area contributed by atoms with Crippen LogP contribution in [0.3, 0.4) is 0 Å². The highest BCUT2D eigenvalue weighted by molar-refractivity contribution is 5.28. The van der Waals surface area contributed by atoms with E-state index >= 15 is 0 Å². The molecule has 2 bridgehead atoms. The van der Waals surface area contributed by atoms with Crippen molar-refractivity contribution in [1.29, 1.82) is 0 Å². The maximum absolute atomic E-state index is 4.92. The van der Waals surface area contributed by atoms with Crippen LogP contribution in [0.25, 0.3) is 0 Å². The summed E-state index contributed by atoms with van der Waals surface area (Å²) in [6, 6.07) is 4.89. The quantitative estimate of drug-likeness (QED) is 0.554. The standard InChI is InChI=1S/C16H27N5/c1-2-13-4-5-14-12-19-9-8-17-6-7-18-10-11-20-15(3-1)16(13)21-14/h4-5,15,17-20H,1-3,6-12H2. The van der Waals surface area contributed by atoms with Gasteiger partial charge in [-0.25, -0.2) is 0 Å². The summed E-state index contributed by atoms with van der Waals surface area (Å²) in [6.07, 6.45) is 3.65. The van der Waals surface area contributed by atoms with Crippen LogP contribution in [0.5, 0.6) is 0 Å². The molecule has 1 aromatic heterocycles. The Hall–Kier alpha value is -1.01. The van der Waals surface area contributed by atoms with Crippen LogP contribution in [0.15, 0.2) is 12.1 Å². The summed E-state index contributed by atoms with van der Waals surface area (Å²) >= 11 is 0. The van der Waals surface area contributed by atoms with E-state index in [2.05, 4.69) is 33.4 Å². The Balaban J connectivity index is 1.71. The van der Waals surface area contributed by atoms with Crippen LogP contribution in [0.2, 0.25) is 0 Å². The number of aromatic nitrogens is 1. The Bertz CT molecular complexity index is 448. The van der Waals surface area contributed by atoms with E-state index in [4.69, 9.17) is 4.98 Å². The van der Waals surface area contributed by atoms with Gasteiger partial charge in [0.15, 0.2) is 0 Å². The number of pyridine rings is 1. The zero-order valence-electron chi connectivity index (χ0n) is 12.8. The fourth-order valence-corrected chi connectivity index (χ4v) is 3.14. The van der Waals surface area contributed by atoms with Crippen molar-refractivity contribution in [2.24, 2.45) is 0 Å². The van der Waals surface area contributed by atoms with Crippen LogP contribution in [-0.4, -0.2) is 44.3 Å². The van der Waals surface area contributed by atoms with E-state index in [1.54, 1.807) is 0 Å². The minimum Gasteiger partial charge on any atom is -0.314 e. The summed E-state index contributed by atoms with van der Waals surface area (Å²) in [7, 11) is 0. The second-order valence-electron chi connectivity index (χ2n) is 5.92. The summed E-state index contributed by atoms with van der Waals surface area (Å²) in [6.45, 7) is 6.94. The van der Waals surface area contributed by atoms with Crippen molar-refractivity contribution in [3.8, 4) is 0 Å². The fourth-order valence-electron chi connectivity index (χ4n) is 3.14. The van der Waals surface area contributed by atoms with Crippen molar-refractivity contribution in [2.75, 3.05) is 39.3 Å². The Morgan fingerprint density at radius 1 is 0.905 bits per heavy atom. The van der Waals surface area contributed by atoms with E-state index in [-0.39, 0.29) is 0 Å². The third kappa shape index (κ3) is 4.23. The van der Waals surface area contributed by atoms with E-state index in [1.165, 1.54) is 30.5 Å². The second kappa shape index (κ2) is 7.84. The minimum atomic E-state index is 0.429. The number of fused-ring (bicyclic) bond motifs is 1. The zero-order valence-corrected chi connectivity index (χ0v) is 12.8. The van der Waals surface area contributed by atoms with Crippen molar-refractivity contribution < 1.29 is 0 Å². The van der Waals surface area contributed by atoms with Crippen LogP contribution >= 0.6 is 0 Å². The van der Waals surface area contributed by atoms with Gasteiger partial charge in [0.05, 0.1) is 11.4 Å². The van der Waals surface area contributed by atoms with E-state index < -0.39 is 0 Å². The van der Waals surface area contributed by atoms with E-state index in [0.717, 1.165) is 51.5 Å². The largest absolute Gasteiger partial charge is 0.314 e. The molecule has 0 radical (unpaired) electrons. The summed E-state index contributed by atoms with van der Waals surface area (Å²) in [5.74, 6) is 0. The van der Waals surface area contributed by atoms with E-state index in [1.807, 2.05) is 0 Å². The molecule has 3 rings (SSSR count). The SMILES string of the molecule is c1cc2c3nc1CNCCNCCNCCNC3CCC2. The van der Waals surface area contributed by atoms with Gasteiger partial charge in [-0.05, 0) is 30.9 Å². The molecule has 0 fully saturated rings. The zero-order chi connectivity index (χ0) is 14.3. The molecule has 1 aromatic rings. The average molecular weight is 289 g/mol. The number of rotatable bonds is 0. The van der Waals surface area contributed by atoms with Crippen molar-refractivity contribution in [3.05, 3.63) is 29.1 Å². The lowest BCUT2D eigenvalue weighted by molar-refractivity contribution is 0.442. The van der Waals surface area contributed by atoms with Crippen LogP contribution in [-0.2, 0) is 13.0 Å². The number of nitrogens with zero attached hydrogens (tertiary/aromatic N) is 1. The molecule has 1 aliphatic carbocycles. The third-order valence-electron chi connectivity index (χ3n) is 4.29. The Labute approximate surface area is 127 Å². The van der Waals surface area contributed by atoms with Crippen LogP contribution in [0, 0.1) is 0 Å². The van der Waals surface area contributed by atoms with Crippen molar-refractivity contribution in [3.63, 3.8) is 0 Å². The first kappa shape index (κ1) is 14.9. The van der Waals surface area contributed by atoms with Gasteiger partial charge >= 0.3 is 0 Å². The Kier molecular flexibility index (Phi) is 5.57. The molecule has 116 valence electrons. The molecule has 0 saturated heterocycles. The molecule has 5 heteroatoms. The van der Waals surface area contributed by atoms with Gasteiger partial charge in [-0.1, -0.05) is 6.07 Å². The summed E-state index contributed by atoms with van der Waals surface area (Å²) in [5.41, 5.74) is 3.88. The fraction of sp³-hybridized carbons (Fsp3) is 0.688. The van der Waals surface area contributed by atoms with E-state index in [0.29, 0.717) is 6.04 Å². The summed E-state index contributed by atoms with van der Waals surface area (Å²) < 4.78 is 0. The predicted octanol–water partition coefficient (Wildman–Crippen LogP) is 0.331. The second-order valence-corrected chi connectivity index (χ2v) is 5.92. The lowest BCUT2D eigenvalue weighted by atomic mass is 9.91. The molecule has 0 spiro atoms. The van der Waals surface area contributed by atoms with E-state index in [9.17, 15) is 0 Å². The first-order valence-electron chi connectivity index (χ1n) is 8.28. The van der Waals surface area contributed by atoms with Crippen LogP contribution in [0.4, 0.5) is 0 Å². The van der Waals surface area contributed by atoms with Gasteiger partial charge in [-0.3, -0.25) is 4.98 Å². The molecule has 0 amide bonds. The molecule has 2 heterocycles. The normalized spacial score (nSPS) is 24.9. The van der Waals surface area contributed by atoms with Crippen LogP contribution in [0.1, 0.15) is 35.8 Å². The molecule has 21 heavy (non-hydrogen) atoms. The van der Waals surface area contributed by atoms with Crippen molar-refractivity contribution in [1.82, 2.24) is 26.3 Å². The maximum Gasteiger partial charge on any atom is 0.0608 e. The number of nitrogens with one attached hydrogen (secondary N) is 4. The van der Waals surface area contributed by atoms with Crippen LogP contribution < -0.4 is 21.3 Å². The molecular formula is C16H27N5. The highest BCUT2D eigenvalue weighted by atomic mass is 15.0. The molecule has 1 unspecified atom stereocenters. The first-order valence-corrected chi connectivity index (χ1v) is 8.28. The lowest BCUT2D eigenvalue weighted by Gasteiger charge is -2.26. The first-order chi connectivity index (χ1) is 10.4. The topological polar surface area (TPSA) is 61.0 Å². The van der Waals surface area contributed by atoms with Crippen molar-refractivity contribution in [2.45, 2.75) is 31.8 Å². The lowest BCUT2D eigenvalue weighted by Crippen LogP contribution is -2.36. The molecule has 1 atom stereocenters. The van der Waals surface area contributed by atoms with Crippen molar-refractivity contribution >= 4 is 0 Å². The minimum absolute atomic E-state index is 0.429. The third-order valence-corrected chi connectivity index (χ3v) is 4.29. The summed E-state index contributed by atoms with van der Waals surface area (Å²) in [5, 5.41) is 14.0. The Morgan fingerprint density at radius 2 is 1.67 bits per heavy atom.